The van der Waals surface area contributed by atoms with Crippen molar-refractivity contribution in [1.82, 2.24) is 4.90 Å². The van der Waals surface area contributed by atoms with Gasteiger partial charge in [-0.1, -0.05) is 83.9 Å². The Morgan fingerprint density at radius 1 is 0.886 bits per heavy atom. The van der Waals surface area contributed by atoms with Crippen LogP contribution < -0.4 is 0 Å². The fourth-order valence-corrected chi connectivity index (χ4v) is 5.12. The smallest absolute Gasteiger partial charge is 0.267 e. The topological polar surface area (TPSA) is 45.8 Å². The molecule has 0 radical (unpaired) electrons. The Bertz CT molecular complexity index is 1420. The summed E-state index contributed by atoms with van der Waals surface area (Å²) in [5.74, 6) is 1.06. The molecule has 174 valence electrons. The van der Waals surface area contributed by atoms with Crippen LogP contribution >= 0.6 is 35.0 Å². The van der Waals surface area contributed by atoms with Gasteiger partial charge in [0.1, 0.15) is 11.5 Å². The van der Waals surface area contributed by atoms with Gasteiger partial charge in [-0.25, -0.2) is 0 Å². The Kier molecular flexibility index (Phi) is 7.09. The summed E-state index contributed by atoms with van der Waals surface area (Å²) in [6, 6.07) is 28.8. The largest absolute Gasteiger partial charge is 0.457 e. The van der Waals surface area contributed by atoms with Gasteiger partial charge in [-0.3, -0.25) is 14.7 Å². The van der Waals surface area contributed by atoms with E-state index in [0.29, 0.717) is 44.7 Å². The molecule has 4 nitrogen and oxygen atoms in total. The predicted octanol–water partition coefficient (Wildman–Crippen LogP) is 7.93. The van der Waals surface area contributed by atoms with Crippen molar-refractivity contribution < 1.29 is 9.21 Å². The molecule has 1 amide bonds. The number of thioether (sulfide) groups is 1. The van der Waals surface area contributed by atoms with Crippen LogP contribution in [0.15, 0.2) is 105 Å². The van der Waals surface area contributed by atoms with Crippen molar-refractivity contribution >= 4 is 52.1 Å². The molecule has 0 N–H and O–H groups in total. The molecular weight excluding hydrogens is 499 g/mol. The molecule has 3 aromatic carbocycles. The molecule has 1 aliphatic heterocycles. The van der Waals surface area contributed by atoms with Crippen molar-refractivity contribution in [3.8, 4) is 11.3 Å². The summed E-state index contributed by atoms with van der Waals surface area (Å²) in [5.41, 5.74) is 2.86. The second-order valence-corrected chi connectivity index (χ2v) is 9.75. The van der Waals surface area contributed by atoms with E-state index < -0.39 is 0 Å². The summed E-state index contributed by atoms with van der Waals surface area (Å²) >= 11 is 13.7. The Morgan fingerprint density at radius 3 is 2.31 bits per heavy atom. The standard InChI is InChI=1S/C28H20Cl2N2O2S/c29-21-11-13-23(24(30)15-21)25-14-12-22(34-25)16-26-27(33)32(18-20-9-5-2-6-10-20)28(35-26)31-17-19-7-3-1-4-8-19/h1-16H,17-18H2/b26-16-,31-28?. The second-order valence-electron chi connectivity index (χ2n) is 7.90. The number of hydrogen-bond acceptors (Lipinski definition) is 4. The number of nitrogens with zero attached hydrogens (tertiary/aromatic N) is 2. The van der Waals surface area contributed by atoms with Gasteiger partial charge in [0.15, 0.2) is 5.17 Å². The molecule has 0 unspecified atom stereocenters. The quantitative estimate of drug-likeness (QED) is 0.243. The molecular formula is C28H20Cl2N2O2S. The van der Waals surface area contributed by atoms with Crippen LogP contribution in [0.2, 0.25) is 10.0 Å². The summed E-state index contributed by atoms with van der Waals surface area (Å²) < 4.78 is 5.99. The number of amides is 1. The third-order valence-electron chi connectivity index (χ3n) is 5.41. The zero-order valence-electron chi connectivity index (χ0n) is 18.5. The minimum Gasteiger partial charge on any atom is -0.457 e. The molecule has 0 atom stereocenters. The first-order valence-corrected chi connectivity index (χ1v) is 12.5. The van der Waals surface area contributed by atoms with Crippen LogP contribution in [-0.2, 0) is 17.9 Å². The summed E-state index contributed by atoms with van der Waals surface area (Å²) in [5, 5.41) is 1.73. The van der Waals surface area contributed by atoms with Crippen LogP contribution in [-0.4, -0.2) is 16.0 Å². The molecule has 1 aliphatic rings. The second kappa shape index (κ2) is 10.6. The zero-order chi connectivity index (χ0) is 24.2. The number of aliphatic imine (C=N–C) groups is 1. The van der Waals surface area contributed by atoms with Crippen molar-refractivity contribution in [2.45, 2.75) is 13.1 Å². The van der Waals surface area contributed by atoms with Crippen LogP contribution in [0.3, 0.4) is 0 Å². The van der Waals surface area contributed by atoms with Gasteiger partial charge in [0, 0.05) is 16.7 Å². The van der Waals surface area contributed by atoms with E-state index in [-0.39, 0.29) is 5.91 Å². The van der Waals surface area contributed by atoms with Gasteiger partial charge in [-0.15, -0.1) is 0 Å². The number of carbonyl (C=O) groups is 1. The normalized spacial score (nSPS) is 15.9. The maximum absolute atomic E-state index is 13.4. The molecule has 0 saturated carbocycles. The van der Waals surface area contributed by atoms with E-state index in [1.807, 2.05) is 78.9 Å². The van der Waals surface area contributed by atoms with Crippen molar-refractivity contribution in [2.75, 3.05) is 0 Å². The Hall–Kier alpha value is -3.25. The van der Waals surface area contributed by atoms with Crippen molar-refractivity contribution in [3.63, 3.8) is 0 Å². The van der Waals surface area contributed by atoms with Crippen LogP contribution in [0, 0.1) is 0 Å². The molecule has 35 heavy (non-hydrogen) atoms. The monoisotopic (exact) mass is 518 g/mol. The van der Waals surface area contributed by atoms with Gasteiger partial charge < -0.3 is 4.42 Å². The lowest BCUT2D eigenvalue weighted by Crippen LogP contribution is -2.28. The van der Waals surface area contributed by atoms with Crippen molar-refractivity contribution in [3.05, 3.63) is 123 Å². The van der Waals surface area contributed by atoms with E-state index in [1.54, 1.807) is 23.1 Å². The van der Waals surface area contributed by atoms with Crippen LogP contribution in [0.1, 0.15) is 16.9 Å². The first-order chi connectivity index (χ1) is 17.1. The van der Waals surface area contributed by atoms with E-state index in [2.05, 4.69) is 0 Å². The third kappa shape index (κ3) is 5.54. The maximum atomic E-state index is 13.4. The van der Waals surface area contributed by atoms with Crippen molar-refractivity contribution in [2.24, 2.45) is 4.99 Å². The number of hydrogen-bond donors (Lipinski definition) is 0. The van der Waals surface area contributed by atoms with Crippen molar-refractivity contribution in [1.29, 1.82) is 0 Å². The molecule has 7 heteroatoms. The van der Waals surface area contributed by atoms with Gasteiger partial charge in [0.2, 0.25) is 0 Å². The molecule has 4 aromatic rings. The van der Waals surface area contributed by atoms with E-state index in [0.717, 1.165) is 16.7 Å². The van der Waals surface area contributed by atoms with Gasteiger partial charge in [0.25, 0.3) is 5.91 Å². The van der Waals surface area contributed by atoms with E-state index in [4.69, 9.17) is 32.6 Å². The van der Waals surface area contributed by atoms with Crippen LogP contribution in [0.5, 0.6) is 0 Å². The molecule has 2 heterocycles. The summed E-state index contributed by atoms with van der Waals surface area (Å²) in [7, 11) is 0. The summed E-state index contributed by atoms with van der Waals surface area (Å²) in [6.07, 6.45) is 1.75. The summed E-state index contributed by atoms with van der Waals surface area (Å²) in [4.78, 5) is 20.4. The summed E-state index contributed by atoms with van der Waals surface area (Å²) in [6.45, 7) is 0.941. The molecule has 0 bridgehead atoms. The number of carbonyl (C=O) groups excluding carboxylic acids is 1. The van der Waals surface area contributed by atoms with Gasteiger partial charge in [-0.05, 0) is 53.2 Å². The number of halogens is 2. The number of amidine groups is 1. The third-order valence-corrected chi connectivity index (χ3v) is 7.00. The highest BCUT2D eigenvalue weighted by Gasteiger charge is 2.33. The average Bonchev–Trinajstić information content (AvgIpc) is 3.44. The number of benzene rings is 3. The minimum atomic E-state index is -0.104. The van der Waals surface area contributed by atoms with E-state index in [1.165, 1.54) is 11.8 Å². The zero-order valence-corrected chi connectivity index (χ0v) is 20.9. The minimum absolute atomic E-state index is 0.104. The molecule has 0 aliphatic carbocycles. The van der Waals surface area contributed by atoms with E-state index in [9.17, 15) is 4.79 Å². The fraction of sp³-hybridized carbons (Fsp3) is 0.0714. The first kappa shape index (κ1) is 23.5. The van der Waals surface area contributed by atoms with Gasteiger partial charge in [0.05, 0.1) is 23.0 Å². The number of furan rings is 1. The molecule has 5 rings (SSSR count). The lowest BCUT2D eigenvalue weighted by Gasteiger charge is -2.15. The average molecular weight is 519 g/mol. The van der Waals surface area contributed by atoms with E-state index >= 15 is 0 Å². The molecule has 1 aromatic heterocycles. The Balaban J connectivity index is 1.43. The van der Waals surface area contributed by atoms with Gasteiger partial charge >= 0.3 is 0 Å². The first-order valence-electron chi connectivity index (χ1n) is 11.0. The van der Waals surface area contributed by atoms with Crippen LogP contribution in [0.4, 0.5) is 0 Å². The highest BCUT2D eigenvalue weighted by atomic mass is 35.5. The number of rotatable bonds is 6. The van der Waals surface area contributed by atoms with Gasteiger partial charge in [-0.2, -0.15) is 0 Å². The fourth-order valence-electron chi connectivity index (χ4n) is 3.67. The lowest BCUT2D eigenvalue weighted by atomic mass is 10.2. The lowest BCUT2D eigenvalue weighted by molar-refractivity contribution is -0.122. The Labute approximate surface area is 217 Å². The molecule has 0 spiro atoms. The highest BCUT2D eigenvalue weighted by Crippen LogP contribution is 2.36. The highest BCUT2D eigenvalue weighted by molar-refractivity contribution is 8.18. The van der Waals surface area contributed by atoms with Crippen LogP contribution in [0.25, 0.3) is 17.4 Å². The maximum Gasteiger partial charge on any atom is 0.267 e. The predicted molar refractivity (Wildman–Crippen MR) is 144 cm³/mol. The Morgan fingerprint density at radius 2 is 1.60 bits per heavy atom. The SMILES string of the molecule is O=C1/C(=C/c2ccc(-c3ccc(Cl)cc3Cl)o2)SC(=NCc2ccccc2)N1Cc1ccccc1. The molecule has 1 saturated heterocycles. The molecule has 1 fully saturated rings.